The van der Waals surface area contributed by atoms with Gasteiger partial charge in [0.1, 0.15) is 5.60 Å². The summed E-state index contributed by atoms with van der Waals surface area (Å²) in [6, 6.07) is 9.90. The molecule has 22 heavy (non-hydrogen) atoms. The van der Waals surface area contributed by atoms with Crippen LogP contribution in [-0.2, 0) is 17.4 Å². The van der Waals surface area contributed by atoms with Gasteiger partial charge in [0.05, 0.1) is 11.1 Å². The lowest BCUT2D eigenvalue weighted by atomic mass is 9.92. The fraction of sp³-hybridized carbons (Fsp3) is 0.312. The summed E-state index contributed by atoms with van der Waals surface area (Å²) in [5.41, 5.74) is 9.93. The average Bonchev–Trinajstić information content (AvgIpc) is 2.79. The summed E-state index contributed by atoms with van der Waals surface area (Å²) in [7, 11) is 1.96. The van der Waals surface area contributed by atoms with E-state index in [2.05, 4.69) is 17.9 Å². The highest BCUT2D eigenvalue weighted by atomic mass is 32.1. The molecule has 0 spiro atoms. The largest absolute Gasteiger partial charge is 0.438 e. The van der Waals surface area contributed by atoms with Gasteiger partial charge in [0.2, 0.25) is 0 Å². The lowest BCUT2D eigenvalue weighted by Gasteiger charge is -2.32. The van der Waals surface area contributed by atoms with E-state index in [1.54, 1.807) is 0 Å². The van der Waals surface area contributed by atoms with Crippen LogP contribution in [0.5, 0.6) is 0 Å². The van der Waals surface area contributed by atoms with Crippen LogP contribution in [-0.4, -0.2) is 10.7 Å². The molecule has 2 aromatic rings. The van der Waals surface area contributed by atoms with Crippen molar-refractivity contribution in [3.63, 3.8) is 0 Å². The van der Waals surface area contributed by atoms with Crippen molar-refractivity contribution < 1.29 is 9.53 Å². The maximum Gasteiger partial charge on any atom is 0.412 e. The number of benzene rings is 1. The molecule has 116 valence electrons. The van der Waals surface area contributed by atoms with Crippen LogP contribution in [0, 0.1) is 0 Å². The maximum absolute atomic E-state index is 11.6. The van der Waals surface area contributed by atoms with E-state index in [4.69, 9.17) is 10.5 Å². The molecule has 3 rings (SSSR count). The summed E-state index contributed by atoms with van der Waals surface area (Å²) in [6.45, 7) is 3.77. The van der Waals surface area contributed by atoms with Gasteiger partial charge in [0.25, 0.3) is 0 Å². The standard InChI is InChI=1S/C16H19N3O2S/c1-16(2)10-8-9(4-5-11(10)18-15(20)21-16)12-6-7-13(14(17)22)19(12)3/h4-8,14,22H,17H2,1-3H3,(H,18,20). The summed E-state index contributed by atoms with van der Waals surface area (Å²) in [6.07, 6.45) is -0.424. The Labute approximate surface area is 134 Å². The Morgan fingerprint density at radius 3 is 2.68 bits per heavy atom. The van der Waals surface area contributed by atoms with Crippen LogP contribution in [0.2, 0.25) is 0 Å². The molecule has 0 aliphatic carbocycles. The van der Waals surface area contributed by atoms with E-state index in [9.17, 15) is 4.79 Å². The average molecular weight is 317 g/mol. The number of amides is 1. The van der Waals surface area contributed by atoms with Gasteiger partial charge in [-0.15, -0.1) is 0 Å². The van der Waals surface area contributed by atoms with Crippen molar-refractivity contribution in [2.75, 3.05) is 5.32 Å². The number of carbonyl (C=O) groups excluding carboxylic acids is 1. The number of nitrogens with zero attached hydrogens (tertiary/aromatic N) is 1. The van der Waals surface area contributed by atoms with E-state index in [1.165, 1.54) is 0 Å². The number of thiol groups is 1. The summed E-state index contributed by atoms with van der Waals surface area (Å²) < 4.78 is 7.40. The predicted octanol–water partition coefficient (Wildman–Crippen LogP) is 3.38. The first-order valence-electron chi connectivity index (χ1n) is 7.04. The molecule has 3 N–H and O–H groups in total. The second kappa shape index (κ2) is 5.07. The van der Waals surface area contributed by atoms with E-state index in [1.807, 2.05) is 55.8 Å². The first-order chi connectivity index (χ1) is 10.3. The minimum Gasteiger partial charge on any atom is -0.438 e. The topological polar surface area (TPSA) is 69.3 Å². The zero-order valence-electron chi connectivity index (χ0n) is 12.8. The molecule has 1 unspecified atom stereocenters. The van der Waals surface area contributed by atoms with Crippen molar-refractivity contribution >= 4 is 24.4 Å². The number of cyclic esters (lactones) is 1. The Morgan fingerprint density at radius 1 is 1.32 bits per heavy atom. The molecule has 0 saturated heterocycles. The minimum absolute atomic E-state index is 0.324. The highest BCUT2D eigenvalue weighted by Gasteiger charge is 2.33. The fourth-order valence-corrected chi connectivity index (χ4v) is 3.11. The van der Waals surface area contributed by atoms with Crippen molar-refractivity contribution in [1.29, 1.82) is 0 Å². The van der Waals surface area contributed by atoms with Crippen LogP contribution in [0.4, 0.5) is 10.5 Å². The van der Waals surface area contributed by atoms with Crippen molar-refractivity contribution in [3.8, 4) is 11.3 Å². The van der Waals surface area contributed by atoms with Gasteiger partial charge < -0.3 is 15.0 Å². The van der Waals surface area contributed by atoms with Gasteiger partial charge in [-0.05, 0) is 43.7 Å². The molecule has 0 radical (unpaired) electrons. The number of anilines is 1. The molecule has 0 bridgehead atoms. The Balaban J connectivity index is 2.10. The van der Waals surface area contributed by atoms with Crippen molar-refractivity contribution in [3.05, 3.63) is 41.6 Å². The zero-order valence-corrected chi connectivity index (χ0v) is 13.6. The molecular formula is C16H19N3O2S. The van der Waals surface area contributed by atoms with Crippen molar-refractivity contribution in [2.24, 2.45) is 12.8 Å². The summed E-state index contributed by atoms with van der Waals surface area (Å²) in [5.74, 6) is 0. The Hall–Kier alpha value is -1.92. The lowest BCUT2D eigenvalue weighted by molar-refractivity contribution is 0.0421. The molecule has 1 amide bonds. The van der Waals surface area contributed by atoms with E-state index < -0.39 is 11.7 Å². The number of carbonyl (C=O) groups is 1. The van der Waals surface area contributed by atoms with Crippen LogP contribution in [0.3, 0.4) is 0 Å². The molecule has 5 nitrogen and oxygen atoms in total. The van der Waals surface area contributed by atoms with E-state index in [0.29, 0.717) is 0 Å². The third-order valence-corrected chi connectivity index (χ3v) is 4.28. The smallest absolute Gasteiger partial charge is 0.412 e. The normalized spacial score (nSPS) is 17.4. The number of ether oxygens (including phenoxy) is 1. The fourth-order valence-electron chi connectivity index (χ4n) is 2.85. The maximum atomic E-state index is 11.6. The second-order valence-corrected chi connectivity index (χ2v) is 6.49. The molecule has 6 heteroatoms. The first kappa shape index (κ1) is 15.0. The summed E-state index contributed by atoms with van der Waals surface area (Å²) in [4.78, 5) is 11.6. The quantitative estimate of drug-likeness (QED) is 0.587. The van der Waals surface area contributed by atoms with Crippen LogP contribution >= 0.6 is 12.6 Å². The molecule has 0 fully saturated rings. The molecule has 1 aromatic carbocycles. The van der Waals surface area contributed by atoms with Gasteiger partial charge in [-0.2, -0.15) is 12.6 Å². The number of rotatable bonds is 2. The van der Waals surface area contributed by atoms with Gasteiger partial charge in [-0.3, -0.25) is 5.32 Å². The first-order valence-corrected chi connectivity index (χ1v) is 7.55. The Morgan fingerprint density at radius 2 is 2.05 bits per heavy atom. The van der Waals surface area contributed by atoms with Gasteiger partial charge in [-0.25, -0.2) is 4.79 Å². The monoisotopic (exact) mass is 317 g/mol. The third kappa shape index (κ3) is 2.38. The Bertz CT molecular complexity index is 750. The number of hydrogen-bond donors (Lipinski definition) is 3. The predicted molar refractivity (Wildman–Crippen MR) is 89.9 cm³/mol. The Kier molecular flexibility index (Phi) is 3.45. The SMILES string of the molecule is Cn1c(-c2ccc3c(c2)C(C)(C)OC(=O)N3)ccc1C(N)S. The lowest BCUT2D eigenvalue weighted by Crippen LogP contribution is -2.34. The van der Waals surface area contributed by atoms with Gasteiger partial charge in [0, 0.05) is 24.0 Å². The molecular weight excluding hydrogens is 298 g/mol. The molecule has 1 aliphatic heterocycles. The van der Waals surface area contributed by atoms with E-state index in [0.717, 1.165) is 28.2 Å². The highest BCUT2D eigenvalue weighted by Crippen LogP contribution is 2.38. The number of nitrogens with one attached hydrogen (secondary N) is 1. The van der Waals surface area contributed by atoms with Crippen molar-refractivity contribution in [1.82, 2.24) is 4.57 Å². The highest BCUT2D eigenvalue weighted by molar-refractivity contribution is 7.80. The number of nitrogens with two attached hydrogens (primary N) is 1. The van der Waals surface area contributed by atoms with Gasteiger partial charge in [0.15, 0.2) is 0 Å². The van der Waals surface area contributed by atoms with Crippen LogP contribution in [0.1, 0.15) is 30.5 Å². The summed E-state index contributed by atoms with van der Waals surface area (Å²) >= 11 is 4.29. The number of aromatic nitrogens is 1. The van der Waals surface area contributed by atoms with Crippen LogP contribution in [0.15, 0.2) is 30.3 Å². The number of hydrogen-bond acceptors (Lipinski definition) is 4. The number of fused-ring (bicyclic) bond motifs is 1. The van der Waals surface area contributed by atoms with Crippen LogP contribution in [0.25, 0.3) is 11.3 Å². The molecule has 1 aliphatic rings. The van der Waals surface area contributed by atoms with Crippen LogP contribution < -0.4 is 11.1 Å². The molecule has 1 atom stereocenters. The van der Waals surface area contributed by atoms with Crippen molar-refractivity contribution in [2.45, 2.75) is 24.8 Å². The van der Waals surface area contributed by atoms with Gasteiger partial charge >= 0.3 is 6.09 Å². The molecule has 1 aromatic heterocycles. The van der Waals surface area contributed by atoms with E-state index >= 15 is 0 Å². The second-order valence-electron chi connectivity index (χ2n) is 5.93. The zero-order chi connectivity index (χ0) is 16.1. The minimum atomic E-state index is -0.665. The summed E-state index contributed by atoms with van der Waals surface area (Å²) in [5, 5.41) is 2.41. The molecule has 0 saturated carbocycles. The third-order valence-electron chi connectivity index (χ3n) is 4.01. The molecule has 2 heterocycles. The van der Waals surface area contributed by atoms with Gasteiger partial charge in [-0.1, -0.05) is 6.07 Å². The van der Waals surface area contributed by atoms with E-state index in [-0.39, 0.29) is 5.37 Å².